The quantitative estimate of drug-likeness (QED) is 0.359. The molecule has 3 fully saturated rings. The number of fused-ring (bicyclic) bond motifs is 6. The van der Waals surface area contributed by atoms with E-state index in [2.05, 4.69) is 52.9 Å². The predicted octanol–water partition coefficient (Wildman–Crippen LogP) is 9.19. The number of ether oxygens (including phenoxy) is 1. The molecule has 0 unspecified atom stereocenters. The average molecular weight is 529 g/mol. The van der Waals surface area contributed by atoms with Crippen LogP contribution in [0.5, 0.6) is 5.75 Å². The van der Waals surface area contributed by atoms with Crippen LogP contribution < -0.4 is 4.74 Å². The largest absolute Gasteiger partial charge is 0.497 e. The summed E-state index contributed by atoms with van der Waals surface area (Å²) >= 11 is 0. The molecule has 212 valence electrons. The third kappa shape index (κ3) is 4.74. The first-order valence-corrected chi connectivity index (χ1v) is 16.2. The van der Waals surface area contributed by atoms with Crippen molar-refractivity contribution < 1.29 is 4.74 Å². The van der Waals surface area contributed by atoms with Crippen molar-refractivity contribution in [3.8, 4) is 17.1 Å². The van der Waals surface area contributed by atoms with Gasteiger partial charge in [0.25, 0.3) is 0 Å². The van der Waals surface area contributed by atoms with E-state index in [0.717, 1.165) is 65.0 Å². The van der Waals surface area contributed by atoms with Crippen LogP contribution in [0.2, 0.25) is 0 Å². The molecule has 0 aliphatic heterocycles. The molecule has 3 saturated carbocycles. The third-order valence-electron chi connectivity index (χ3n) is 12.6. The summed E-state index contributed by atoms with van der Waals surface area (Å²) in [6, 6.07) is 8.18. The van der Waals surface area contributed by atoms with Gasteiger partial charge in [-0.25, -0.2) is 9.97 Å². The van der Waals surface area contributed by atoms with Crippen molar-refractivity contribution in [1.29, 1.82) is 0 Å². The molecule has 0 radical (unpaired) electrons. The van der Waals surface area contributed by atoms with Crippen LogP contribution in [0.1, 0.15) is 104 Å². The van der Waals surface area contributed by atoms with Gasteiger partial charge in [-0.05, 0) is 133 Å². The van der Waals surface area contributed by atoms with Gasteiger partial charge in [0.2, 0.25) is 0 Å². The molecule has 1 aromatic carbocycles. The molecule has 0 amide bonds. The van der Waals surface area contributed by atoms with Crippen molar-refractivity contribution in [2.45, 2.75) is 105 Å². The van der Waals surface area contributed by atoms with Crippen molar-refractivity contribution in [2.75, 3.05) is 7.11 Å². The first kappa shape index (κ1) is 27.3. The molecule has 0 saturated heterocycles. The normalized spacial score (nSPS) is 36.0. The summed E-state index contributed by atoms with van der Waals surface area (Å²) in [6.45, 7) is 12.8. The fourth-order valence-corrected chi connectivity index (χ4v) is 10.5. The fraction of sp³-hybridized carbons (Fsp3) is 0.722. The van der Waals surface area contributed by atoms with Crippen LogP contribution in [0.25, 0.3) is 11.4 Å². The molecule has 0 N–H and O–H groups in total. The molecule has 0 spiro atoms. The van der Waals surface area contributed by atoms with E-state index in [-0.39, 0.29) is 0 Å². The minimum absolute atomic E-state index is 0.406. The number of rotatable bonds is 7. The van der Waals surface area contributed by atoms with Gasteiger partial charge in [-0.3, -0.25) is 0 Å². The van der Waals surface area contributed by atoms with Crippen LogP contribution in [0.3, 0.4) is 0 Å². The lowest BCUT2D eigenvalue weighted by Gasteiger charge is -2.60. The zero-order chi connectivity index (χ0) is 27.4. The van der Waals surface area contributed by atoms with E-state index in [1.54, 1.807) is 7.11 Å². The lowest BCUT2D eigenvalue weighted by atomic mass is 9.44. The maximum absolute atomic E-state index is 5.34. The highest BCUT2D eigenvalue weighted by molar-refractivity contribution is 5.56. The Hall–Kier alpha value is -1.90. The Morgan fingerprint density at radius 3 is 2.44 bits per heavy atom. The lowest BCUT2D eigenvalue weighted by molar-refractivity contribution is -0.103. The Bertz CT molecular complexity index is 1160. The van der Waals surface area contributed by atoms with E-state index in [1.807, 2.05) is 12.1 Å². The maximum atomic E-state index is 5.34. The second-order valence-corrected chi connectivity index (χ2v) is 15.0. The zero-order valence-corrected chi connectivity index (χ0v) is 25.5. The zero-order valence-electron chi connectivity index (χ0n) is 25.5. The average Bonchev–Trinajstić information content (AvgIpc) is 3.28. The summed E-state index contributed by atoms with van der Waals surface area (Å²) in [5, 5.41) is 0. The highest BCUT2D eigenvalue weighted by Crippen LogP contribution is 2.68. The van der Waals surface area contributed by atoms with Crippen LogP contribution in [0.15, 0.2) is 30.5 Å². The summed E-state index contributed by atoms with van der Waals surface area (Å²) in [5.41, 5.74) is 4.79. The van der Waals surface area contributed by atoms with Crippen LogP contribution >= 0.6 is 0 Å². The molecule has 2 aromatic rings. The molecule has 1 aromatic heterocycles. The minimum atomic E-state index is 0.406. The van der Waals surface area contributed by atoms with Crippen molar-refractivity contribution >= 4 is 0 Å². The van der Waals surface area contributed by atoms with E-state index in [0.29, 0.717) is 10.8 Å². The smallest absolute Gasteiger partial charge is 0.159 e. The standard InChI is InChI=1S/C36H52N2O/c1-23(2)8-7-9-24(3)30-16-17-31-29-15-12-27-20-33-26(21-36(27,5)32(29)18-19-35(30,31)4)22-37-34(38-33)25-10-13-28(39-6)14-11-25/h10-11,13-14,22-24,27,29-32H,7-9,12,15-21H2,1-6H3/t24-,27+,29+,30-,31+,32+,35-,36+/m1/s1. The Kier molecular flexibility index (Phi) is 7.34. The fourth-order valence-electron chi connectivity index (χ4n) is 10.5. The molecule has 4 aliphatic carbocycles. The monoisotopic (exact) mass is 528 g/mol. The molecule has 3 heteroatoms. The highest BCUT2D eigenvalue weighted by Gasteiger charge is 2.60. The summed E-state index contributed by atoms with van der Waals surface area (Å²) < 4.78 is 5.34. The van der Waals surface area contributed by atoms with Crippen LogP contribution in [-0.4, -0.2) is 17.1 Å². The second-order valence-electron chi connectivity index (χ2n) is 15.0. The third-order valence-corrected chi connectivity index (χ3v) is 12.6. The van der Waals surface area contributed by atoms with E-state index >= 15 is 0 Å². The Labute approximate surface area is 238 Å². The van der Waals surface area contributed by atoms with Gasteiger partial charge in [-0.15, -0.1) is 0 Å². The molecule has 1 heterocycles. The van der Waals surface area contributed by atoms with Crippen molar-refractivity contribution in [3.63, 3.8) is 0 Å². The Morgan fingerprint density at radius 2 is 1.69 bits per heavy atom. The SMILES string of the molecule is COc1ccc(-c2ncc3c(n2)C[C@@H]2CC[C@@H]4[C@H](CC[C@]5(C)[C@@H]([C@H](C)CCCC(C)C)CC[C@@H]45)[C@@]2(C)C3)cc1. The van der Waals surface area contributed by atoms with Gasteiger partial charge in [0, 0.05) is 17.5 Å². The first-order chi connectivity index (χ1) is 18.7. The number of nitrogens with zero attached hydrogens (tertiary/aromatic N) is 2. The van der Waals surface area contributed by atoms with Gasteiger partial charge in [0.05, 0.1) is 7.11 Å². The van der Waals surface area contributed by atoms with Gasteiger partial charge in [-0.1, -0.05) is 53.9 Å². The topological polar surface area (TPSA) is 35.0 Å². The van der Waals surface area contributed by atoms with Gasteiger partial charge in [0.1, 0.15) is 5.75 Å². The van der Waals surface area contributed by atoms with E-state index < -0.39 is 0 Å². The molecular weight excluding hydrogens is 476 g/mol. The van der Waals surface area contributed by atoms with Crippen molar-refractivity contribution in [3.05, 3.63) is 41.7 Å². The molecular formula is C36H52N2O. The number of methoxy groups -OCH3 is 1. The molecule has 6 rings (SSSR count). The number of hydrogen-bond donors (Lipinski definition) is 0. The summed E-state index contributed by atoms with van der Waals surface area (Å²) in [6.07, 6.45) is 17.5. The van der Waals surface area contributed by atoms with Gasteiger partial charge in [-0.2, -0.15) is 0 Å². The molecule has 39 heavy (non-hydrogen) atoms. The van der Waals surface area contributed by atoms with Gasteiger partial charge in [0.15, 0.2) is 5.82 Å². The van der Waals surface area contributed by atoms with E-state index in [9.17, 15) is 0 Å². The van der Waals surface area contributed by atoms with E-state index in [1.165, 1.54) is 75.5 Å². The summed E-state index contributed by atoms with van der Waals surface area (Å²) in [4.78, 5) is 10.0. The van der Waals surface area contributed by atoms with Crippen LogP contribution in [0, 0.1) is 52.3 Å². The number of benzene rings is 1. The summed E-state index contributed by atoms with van der Waals surface area (Å²) in [7, 11) is 1.71. The van der Waals surface area contributed by atoms with Gasteiger partial charge < -0.3 is 4.74 Å². The van der Waals surface area contributed by atoms with E-state index in [4.69, 9.17) is 14.7 Å². The van der Waals surface area contributed by atoms with Crippen molar-refractivity contribution in [1.82, 2.24) is 9.97 Å². The molecule has 4 aliphatic rings. The number of aromatic nitrogens is 2. The Balaban J connectivity index is 1.19. The number of hydrogen-bond acceptors (Lipinski definition) is 3. The molecule has 8 atom stereocenters. The lowest BCUT2D eigenvalue weighted by Crippen LogP contribution is -2.54. The first-order valence-electron chi connectivity index (χ1n) is 16.2. The second kappa shape index (κ2) is 10.5. The maximum Gasteiger partial charge on any atom is 0.159 e. The van der Waals surface area contributed by atoms with Crippen LogP contribution in [-0.2, 0) is 12.8 Å². The van der Waals surface area contributed by atoms with Crippen LogP contribution in [0.4, 0.5) is 0 Å². The molecule has 3 nitrogen and oxygen atoms in total. The highest BCUT2D eigenvalue weighted by atomic mass is 16.5. The Morgan fingerprint density at radius 1 is 0.923 bits per heavy atom. The molecule has 0 bridgehead atoms. The van der Waals surface area contributed by atoms with Gasteiger partial charge >= 0.3 is 0 Å². The van der Waals surface area contributed by atoms with Crippen molar-refractivity contribution in [2.24, 2.45) is 52.3 Å². The minimum Gasteiger partial charge on any atom is -0.497 e. The predicted molar refractivity (Wildman–Crippen MR) is 161 cm³/mol. The summed E-state index contributed by atoms with van der Waals surface area (Å²) in [5.74, 6) is 7.93.